The average Bonchev–Trinajstić information content (AvgIpc) is 2.43. The van der Waals surface area contributed by atoms with Crippen molar-refractivity contribution in [1.82, 2.24) is 14.5 Å². The molecule has 0 unspecified atom stereocenters. The van der Waals surface area contributed by atoms with Crippen molar-refractivity contribution in [3.8, 4) is 0 Å². The highest BCUT2D eigenvalue weighted by molar-refractivity contribution is 5.80. The number of amides is 1. The minimum atomic E-state index is -0.251. The number of likely N-dealkylation sites (N-methyl/N-ethyl adjacent to an activating group) is 1. The molecule has 0 atom stereocenters. The van der Waals surface area contributed by atoms with Gasteiger partial charge in [0.25, 0.3) is 5.56 Å². The smallest absolute Gasteiger partial charge is 0.269 e. The summed E-state index contributed by atoms with van der Waals surface area (Å²) in [7, 11) is 0. The Morgan fingerprint density at radius 3 is 2.63 bits per heavy atom. The SMILES string of the molecule is CCN(CC)C(=O)Cn1c(=O)cnc2ccccc21. The lowest BCUT2D eigenvalue weighted by molar-refractivity contribution is -0.131. The van der Waals surface area contributed by atoms with Crippen LogP contribution in [0.5, 0.6) is 0 Å². The molecule has 5 heteroatoms. The van der Waals surface area contributed by atoms with E-state index in [2.05, 4.69) is 4.98 Å². The molecule has 0 aliphatic carbocycles. The van der Waals surface area contributed by atoms with Crippen molar-refractivity contribution in [2.75, 3.05) is 13.1 Å². The second kappa shape index (κ2) is 5.65. The molecule has 0 radical (unpaired) electrons. The van der Waals surface area contributed by atoms with Crippen molar-refractivity contribution < 1.29 is 4.79 Å². The molecule has 0 N–H and O–H groups in total. The van der Waals surface area contributed by atoms with Gasteiger partial charge in [-0.15, -0.1) is 0 Å². The standard InChI is InChI=1S/C14H17N3O2/c1-3-16(4-2)14(19)10-17-12-8-6-5-7-11(12)15-9-13(17)18/h5-9H,3-4,10H2,1-2H3. The summed E-state index contributed by atoms with van der Waals surface area (Å²) in [5.74, 6) is -0.0524. The highest BCUT2D eigenvalue weighted by Gasteiger charge is 2.13. The van der Waals surface area contributed by atoms with Gasteiger partial charge in [0.2, 0.25) is 5.91 Å². The molecule has 5 nitrogen and oxygen atoms in total. The van der Waals surface area contributed by atoms with E-state index in [0.29, 0.717) is 18.6 Å². The van der Waals surface area contributed by atoms with Gasteiger partial charge in [0.1, 0.15) is 6.54 Å². The number of fused-ring (bicyclic) bond motifs is 1. The summed E-state index contributed by atoms with van der Waals surface area (Å²) < 4.78 is 1.48. The first-order chi connectivity index (χ1) is 9.17. The van der Waals surface area contributed by atoms with E-state index in [-0.39, 0.29) is 18.0 Å². The lowest BCUT2D eigenvalue weighted by Crippen LogP contribution is -2.36. The molecule has 100 valence electrons. The van der Waals surface area contributed by atoms with Gasteiger partial charge in [-0.2, -0.15) is 0 Å². The summed E-state index contributed by atoms with van der Waals surface area (Å²) in [5, 5.41) is 0. The second-order valence-corrected chi connectivity index (χ2v) is 4.24. The molecule has 0 bridgehead atoms. The van der Waals surface area contributed by atoms with Crippen LogP contribution in [0.4, 0.5) is 0 Å². The molecule has 0 saturated carbocycles. The van der Waals surface area contributed by atoms with Gasteiger partial charge < -0.3 is 4.90 Å². The Bertz CT molecular complexity index is 644. The van der Waals surface area contributed by atoms with Gasteiger partial charge in [-0.25, -0.2) is 4.98 Å². The van der Waals surface area contributed by atoms with Crippen LogP contribution in [0.1, 0.15) is 13.8 Å². The second-order valence-electron chi connectivity index (χ2n) is 4.24. The molecule has 2 aromatic rings. The summed E-state index contributed by atoms with van der Waals surface area (Å²) in [5.41, 5.74) is 1.16. The van der Waals surface area contributed by atoms with Crippen LogP contribution >= 0.6 is 0 Å². The maximum absolute atomic E-state index is 12.1. The number of aromatic nitrogens is 2. The molecule has 0 saturated heterocycles. The first-order valence-corrected chi connectivity index (χ1v) is 6.39. The first-order valence-electron chi connectivity index (χ1n) is 6.39. The quantitative estimate of drug-likeness (QED) is 0.830. The molecule has 19 heavy (non-hydrogen) atoms. The van der Waals surface area contributed by atoms with Gasteiger partial charge in [-0.1, -0.05) is 12.1 Å². The summed E-state index contributed by atoms with van der Waals surface area (Å²) in [6.45, 7) is 5.20. The van der Waals surface area contributed by atoms with Gasteiger partial charge in [-0.05, 0) is 26.0 Å². The molecule has 0 fully saturated rings. The number of hydrogen-bond acceptors (Lipinski definition) is 3. The van der Waals surface area contributed by atoms with Crippen LogP contribution in [0.25, 0.3) is 11.0 Å². The lowest BCUT2D eigenvalue weighted by Gasteiger charge is -2.19. The van der Waals surface area contributed by atoms with E-state index in [1.54, 1.807) is 11.0 Å². The predicted molar refractivity (Wildman–Crippen MR) is 73.9 cm³/mol. The van der Waals surface area contributed by atoms with E-state index >= 15 is 0 Å². The van der Waals surface area contributed by atoms with E-state index < -0.39 is 0 Å². The molecule has 0 aliphatic heterocycles. The fourth-order valence-corrected chi connectivity index (χ4v) is 2.09. The van der Waals surface area contributed by atoms with Gasteiger partial charge in [0, 0.05) is 13.1 Å². The minimum absolute atomic E-state index is 0.0524. The van der Waals surface area contributed by atoms with Crippen LogP contribution in [-0.2, 0) is 11.3 Å². The Balaban J connectivity index is 2.42. The number of rotatable bonds is 4. The summed E-state index contributed by atoms with van der Waals surface area (Å²) in [6, 6.07) is 7.32. The van der Waals surface area contributed by atoms with Gasteiger partial charge in [0.15, 0.2) is 0 Å². The third kappa shape index (κ3) is 2.65. The highest BCUT2D eigenvalue weighted by Crippen LogP contribution is 2.08. The zero-order valence-corrected chi connectivity index (χ0v) is 11.2. The van der Waals surface area contributed by atoms with E-state index in [4.69, 9.17) is 0 Å². The van der Waals surface area contributed by atoms with Crippen LogP contribution in [0, 0.1) is 0 Å². The van der Waals surface area contributed by atoms with Crippen molar-refractivity contribution in [3.63, 3.8) is 0 Å². The Hall–Kier alpha value is -2.17. The Morgan fingerprint density at radius 2 is 1.95 bits per heavy atom. The Morgan fingerprint density at radius 1 is 1.26 bits per heavy atom. The third-order valence-corrected chi connectivity index (χ3v) is 3.16. The van der Waals surface area contributed by atoms with Crippen molar-refractivity contribution in [2.45, 2.75) is 20.4 Å². The Labute approximate surface area is 111 Å². The summed E-state index contributed by atoms with van der Waals surface area (Å²) in [6.07, 6.45) is 1.26. The van der Waals surface area contributed by atoms with E-state index in [1.165, 1.54) is 10.8 Å². The predicted octanol–water partition coefficient (Wildman–Crippen LogP) is 1.26. The fourth-order valence-electron chi connectivity index (χ4n) is 2.09. The van der Waals surface area contributed by atoms with Crippen molar-refractivity contribution >= 4 is 16.9 Å². The molecule has 2 rings (SSSR count). The zero-order valence-electron chi connectivity index (χ0n) is 11.2. The average molecular weight is 259 g/mol. The number of hydrogen-bond donors (Lipinski definition) is 0. The number of para-hydroxylation sites is 2. The normalized spacial score (nSPS) is 10.6. The van der Waals surface area contributed by atoms with Crippen molar-refractivity contribution in [2.24, 2.45) is 0 Å². The molecule has 0 spiro atoms. The van der Waals surface area contributed by atoms with Gasteiger partial charge >= 0.3 is 0 Å². The first kappa shape index (κ1) is 13.3. The fraction of sp³-hybridized carbons (Fsp3) is 0.357. The van der Waals surface area contributed by atoms with Crippen LogP contribution in [-0.4, -0.2) is 33.4 Å². The van der Waals surface area contributed by atoms with Gasteiger partial charge in [0.05, 0.1) is 17.2 Å². The number of benzene rings is 1. The lowest BCUT2D eigenvalue weighted by atomic mass is 10.3. The monoisotopic (exact) mass is 259 g/mol. The highest BCUT2D eigenvalue weighted by atomic mass is 16.2. The van der Waals surface area contributed by atoms with Crippen LogP contribution in [0.15, 0.2) is 35.3 Å². The number of carbonyl (C=O) groups excluding carboxylic acids is 1. The molecular formula is C14H17N3O2. The summed E-state index contributed by atoms with van der Waals surface area (Å²) >= 11 is 0. The van der Waals surface area contributed by atoms with Crippen LogP contribution < -0.4 is 5.56 Å². The van der Waals surface area contributed by atoms with Crippen molar-refractivity contribution in [3.05, 3.63) is 40.8 Å². The zero-order chi connectivity index (χ0) is 13.8. The number of carbonyl (C=O) groups is 1. The number of nitrogens with zero attached hydrogens (tertiary/aromatic N) is 3. The van der Waals surface area contributed by atoms with Crippen molar-refractivity contribution in [1.29, 1.82) is 0 Å². The third-order valence-electron chi connectivity index (χ3n) is 3.16. The van der Waals surface area contributed by atoms with Crippen LogP contribution in [0.3, 0.4) is 0 Å². The molecular weight excluding hydrogens is 242 g/mol. The molecule has 1 amide bonds. The minimum Gasteiger partial charge on any atom is -0.342 e. The molecule has 0 aliphatic rings. The van der Waals surface area contributed by atoms with E-state index in [1.807, 2.05) is 32.0 Å². The topological polar surface area (TPSA) is 55.2 Å². The molecule has 1 aromatic carbocycles. The summed E-state index contributed by atoms with van der Waals surface area (Å²) in [4.78, 5) is 29.8. The van der Waals surface area contributed by atoms with Crippen LogP contribution in [0.2, 0.25) is 0 Å². The Kier molecular flexibility index (Phi) is 3.94. The van der Waals surface area contributed by atoms with E-state index in [9.17, 15) is 9.59 Å². The molecule has 1 aromatic heterocycles. The maximum atomic E-state index is 12.1. The molecule has 1 heterocycles. The largest absolute Gasteiger partial charge is 0.342 e. The van der Waals surface area contributed by atoms with Gasteiger partial charge in [-0.3, -0.25) is 14.2 Å². The maximum Gasteiger partial charge on any atom is 0.269 e. The van der Waals surface area contributed by atoms with E-state index in [0.717, 1.165) is 5.52 Å².